The number of nitrogens with zero attached hydrogens (tertiary/aromatic N) is 4. The normalized spacial score (nSPS) is 13.8. The van der Waals surface area contributed by atoms with Crippen LogP contribution < -0.4 is 0 Å². The summed E-state index contributed by atoms with van der Waals surface area (Å²) in [6, 6.07) is 51.2. The topological polar surface area (TPSA) is 263 Å². The Kier molecular flexibility index (Phi) is 50.3. The van der Waals surface area contributed by atoms with Gasteiger partial charge in [-0.15, -0.1) is 0 Å². The maximum Gasteiger partial charge on any atom is 0.0724 e. The van der Waals surface area contributed by atoms with Gasteiger partial charge >= 0.3 is 0 Å². The van der Waals surface area contributed by atoms with Crippen molar-refractivity contribution in [3.63, 3.8) is 0 Å². The number of benzene rings is 6. The van der Waals surface area contributed by atoms with Crippen LogP contribution >= 0.6 is 0 Å². The third-order valence-electron chi connectivity index (χ3n) is 21.2. The minimum atomic E-state index is -0.181. The first-order chi connectivity index (χ1) is 63.0. The Hall–Kier alpha value is -7.45. The average Bonchev–Trinajstić information content (AvgIpc) is 0.767. The molecule has 3 aromatic heterocycles. The molecule has 0 amide bonds. The highest BCUT2D eigenvalue weighted by Gasteiger charge is 2.35. The molecule has 0 aliphatic carbocycles. The first-order valence-corrected chi connectivity index (χ1v) is 44.6. The van der Waals surface area contributed by atoms with Crippen LogP contribution in [-0.4, -0.2) is 300 Å². The van der Waals surface area contributed by atoms with Crippen molar-refractivity contribution in [3.8, 4) is 33.8 Å². The molecule has 0 N–H and O–H groups in total. The Labute approximate surface area is 750 Å². The number of likely N-dealkylation sites (tertiary alicyclic amines) is 1. The number of ether oxygens (including phenoxy) is 24. The molecule has 1 aliphatic rings. The van der Waals surface area contributed by atoms with E-state index in [9.17, 15) is 0 Å². The summed E-state index contributed by atoms with van der Waals surface area (Å²) >= 11 is 0. The van der Waals surface area contributed by atoms with Gasteiger partial charge in [0.05, 0.1) is 324 Å². The number of rotatable bonds is 73. The number of hydrogen-bond donors (Lipinski definition) is 0. The highest BCUT2D eigenvalue weighted by Crippen LogP contribution is 2.45. The van der Waals surface area contributed by atoms with Crippen LogP contribution in [0.2, 0.25) is 0 Å². The summed E-state index contributed by atoms with van der Waals surface area (Å²) in [5, 5.41) is 6.24. The molecule has 28 heteroatoms. The molecule has 696 valence electrons. The van der Waals surface area contributed by atoms with E-state index in [2.05, 4.69) is 150 Å². The first-order valence-electron chi connectivity index (χ1n) is 44.6. The van der Waals surface area contributed by atoms with E-state index in [4.69, 9.17) is 129 Å². The average molecular weight is 1770 g/mol. The first kappa shape index (κ1) is 102. The molecule has 28 nitrogen and oxygen atoms in total. The van der Waals surface area contributed by atoms with E-state index < -0.39 is 0 Å². The van der Waals surface area contributed by atoms with Crippen LogP contribution in [0.15, 0.2) is 146 Å². The number of pyridine rings is 3. The Balaban J connectivity index is 0.989. The molecular formula is C99H136N4O24. The van der Waals surface area contributed by atoms with Crippen molar-refractivity contribution < 1.29 is 114 Å². The number of aromatic nitrogens is 3. The number of fused-ring (bicyclic) bond motifs is 3. The van der Waals surface area contributed by atoms with Gasteiger partial charge in [-0.25, -0.2) is 0 Å². The molecule has 9 aromatic rings. The molecule has 10 rings (SSSR count). The summed E-state index contributed by atoms with van der Waals surface area (Å²) in [7, 11) is 9.95. The highest BCUT2D eigenvalue weighted by atomic mass is 16.6. The van der Waals surface area contributed by atoms with Crippen molar-refractivity contribution in [1.29, 1.82) is 0 Å². The molecule has 0 bridgehead atoms. The highest BCUT2D eigenvalue weighted by molar-refractivity contribution is 6.02. The van der Waals surface area contributed by atoms with Gasteiger partial charge in [-0.3, -0.25) is 19.9 Å². The number of piperidine rings is 1. The monoisotopic (exact) mass is 1760 g/mol. The molecule has 0 unspecified atom stereocenters. The van der Waals surface area contributed by atoms with Crippen molar-refractivity contribution in [2.45, 2.75) is 77.5 Å². The van der Waals surface area contributed by atoms with E-state index in [-0.39, 0.29) is 12.1 Å². The van der Waals surface area contributed by atoms with Gasteiger partial charge in [-0.2, -0.15) is 0 Å². The molecule has 4 heterocycles. The van der Waals surface area contributed by atoms with Gasteiger partial charge in [0.15, 0.2) is 0 Å². The van der Waals surface area contributed by atoms with Gasteiger partial charge in [-0.05, 0) is 121 Å². The second kappa shape index (κ2) is 62.8. The van der Waals surface area contributed by atoms with Gasteiger partial charge in [-0.1, -0.05) is 109 Å². The summed E-state index contributed by atoms with van der Waals surface area (Å²) in [4.78, 5) is 19.8. The van der Waals surface area contributed by atoms with Gasteiger partial charge < -0.3 is 114 Å². The van der Waals surface area contributed by atoms with Gasteiger partial charge in [0.25, 0.3) is 0 Å². The van der Waals surface area contributed by atoms with Crippen molar-refractivity contribution in [1.82, 2.24) is 19.9 Å². The van der Waals surface area contributed by atoms with Gasteiger partial charge in [0.2, 0.25) is 0 Å². The van der Waals surface area contributed by atoms with Gasteiger partial charge in [0.1, 0.15) is 0 Å². The minimum Gasteiger partial charge on any atom is -0.382 e. The third-order valence-corrected chi connectivity index (χ3v) is 21.2. The molecule has 0 saturated carbocycles. The molecule has 1 aliphatic heterocycles. The van der Waals surface area contributed by atoms with E-state index >= 15 is 0 Å². The fourth-order valence-corrected chi connectivity index (χ4v) is 15.0. The summed E-state index contributed by atoms with van der Waals surface area (Å²) in [6.07, 6.45) is 2.56. The molecule has 6 aromatic carbocycles. The lowest BCUT2D eigenvalue weighted by atomic mass is 9.89. The standard InChI is InChI=1S/C99H136N4O24/c1-104-34-40-110-46-52-116-58-64-122-71-77-14-7-18-87-84(31-28-80(97(77)87)74-125-67-61-119-55-49-113-43-37-107-4)90-21-10-17-83(100-90)70-103-95(93-24-11-22-91(101-93)85-32-29-81(75-126-68-62-120-56-50-114-44-38-108-5)98-78(15-8-19-88(85)98)72-123-65-59-117-53-47-111-41-35-105-2)26-13-27-96(103)94-25-12-23-92(102-94)86-33-30-82(76-127-69-63-121-57-51-115-45-39-109-6)99-79(16-9-20-89(86)99)73-124-66-60-118-54-48-112-42-36-106-3/h7-12,14-25,28-33,95-96H,13,26-27,34-76H2,1-6H3/t95-,96-/m0/s1. The summed E-state index contributed by atoms with van der Waals surface area (Å²) < 4.78 is 138. The van der Waals surface area contributed by atoms with E-state index in [1.807, 2.05) is 0 Å². The quantitative estimate of drug-likeness (QED) is 0.0321. The van der Waals surface area contributed by atoms with Crippen molar-refractivity contribution in [2.75, 3.05) is 281 Å². The van der Waals surface area contributed by atoms with E-state index in [1.54, 1.807) is 42.7 Å². The second-order valence-corrected chi connectivity index (χ2v) is 30.0. The minimum absolute atomic E-state index is 0.181. The zero-order chi connectivity index (χ0) is 88.4. The van der Waals surface area contributed by atoms with Crippen LogP contribution in [0.4, 0.5) is 0 Å². The fourth-order valence-electron chi connectivity index (χ4n) is 15.0. The SMILES string of the molecule is COCCOCCOCCOCc1cccc2c(-c3cccc(CN4[C@H](c5cccc(-c6ccc(COCCOCCOCCOC)c7c(COCCOCCOCCOC)cccc67)n5)CCC[C@H]4c4cccc(-c5ccc(COCCOCCOCCOC)c6c(COCCOCCOCCOC)cccc56)n4)n3)ccc(COCCOCCOCCOC)c12. The molecule has 1 fully saturated rings. The van der Waals surface area contributed by atoms with Crippen LogP contribution in [-0.2, 0) is 160 Å². The Morgan fingerprint density at radius 3 is 0.709 bits per heavy atom. The molecule has 0 spiro atoms. The molecule has 0 radical (unpaired) electrons. The Bertz CT molecular complexity index is 4200. The predicted molar refractivity (Wildman–Crippen MR) is 485 cm³/mol. The van der Waals surface area contributed by atoms with Crippen LogP contribution in [0.1, 0.15) is 81.8 Å². The number of methoxy groups -OCH3 is 6. The van der Waals surface area contributed by atoms with Crippen LogP contribution in [0.3, 0.4) is 0 Å². The summed E-state index contributed by atoms with van der Waals surface area (Å²) in [6.45, 7) is 19.4. The van der Waals surface area contributed by atoms with Crippen LogP contribution in [0, 0.1) is 0 Å². The zero-order valence-electron chi connectivity index (χ0n) is 75.6. The van der Waals surface area contributed by atoms with Crippen molar-refractivity contribution >= 4 is 32.3 Å². The fraction of sp³-hybridized carbons (Fsp3) is 0.545. The lowest BCUT2D eigenvalue weighted by Crippen LogP contribution is -2.37. The largest absolute Gasteiger partial charge is 0.382 e. The van der Waals surface area contributed by atoms with E-state index in [1.165, 1.54) is 0 Å². The lowest BCUT2D eigenvalue weighted by molar-refractivity contribution is 0.000525. The Morgan fingerprint density at radius 2 is 0.449 bits per heavy atom. The third kappa shape index (κ3) is 35.3. The summed E-state index contributed by atoms with van der Waals surface area (Å²) in [5.41, 5.74) is 14.4. The van der Waals surface area contributed by atoms with Crippen LogP contribution in [0.5, 0.6) is 0 Å². The lowest BCUT2D eigenvalue weighted by Gasteiger charge is -2.41. The van der Waals surface area contributed by atoms with Crippen LogP contribution in [0.25, 0.3) is 66.1 Å². The van der Waals surface area contributed by atoms with Crippen molar-refractivity contribution in [2.24, 2.45) is 0 Å². The Morgan fingerprint density at radius 1 is 0.228 bits per heavy atom. The molecule has 127 heavy (non-hydrogen) atoms. The maximum atomic E-state index is 6.40. The van der Waals surface area contributed by atoms with E-state index in [0.717, 1.165) is 136 Å². The van der Waals surface area contributed by atoms with Gasteiger partial charge in [0, 0.05) is 65.9 Å². The van der Waals surface area contributed by atoms with Crippen molar-refractivity contribution in [3.05, 3.63) is 196 Å². The second-order valence-electron chi connectivity index (χ2n) is 30.0. The van der Waals surface area contributed by atoms with E-state index in [0.29, 0.717) is 284 Å². The molecule has 1 saturated heterocycles. The number of hydrogen-bond acceptors (Lipinski definition) is 28. The smallest absolute Gasteiger partial charge is 0.0724 e. The predicted octanol–water partition coefficient (Wildman–Crippen LogP) is 14.0. The molecular weight excluding hydrogens is 1630 g/mol. The molecule has 2 atom stereocenters. The maximum absolute atomic E-state index is 6.40. The zero-order valence-corrected chi connectivity index (χ0v) is 75.6. The summed E-state index contributed by atoms with van der Waals surface area (Å²) in [5.74, 6) is 0.